The highest BCUT2D eigenvalue weighted by molar-refractivity contribution is 5.69. The van der Waals surface area contributed by atoms with Gasteiger partial charge in [0.25, 0.3) is 0 Å². The van der Waals surface area contributed by atoms with Gasteiger partial charge in [-0.1, -0.05) is 27.7 Å². The van der Waals surface area contributed by atoms with Crippen LogP contribution in [0.15, 0.2) is 6.33 Å². The van der Waals surface area contributed by atoms with Crippen LogP contribution in [0.25, 0.3) is 0 Å². The van der Waals surface area contributed by atoms with Crippen LogP contribution in [0.3, 0.4) is 0 Å². The van der Waals surface area contributed by atoms with Crippen LogP contribution in [0, 0.1) is 15.5 Å². The Morgan fingerprint density at radius 1 is 1.26 bits per heavy atom. The van der Waals surface area contributed by atoms with Crippen molar-refractivity contribution < 1.29 is 4.92 Å². The topological polar surface area (TPSA) is 93.0 Å². The molecule has 0 bridgehead atoms. The number of aromatic nitrogens is 2. The average molecular weight is 267 g/mol. The molecular weight excluding hydrogens is 246 g/mol. The Morgan fingerprint density at radius 2 is 1.84 bits per heavy atom. The Balaban J connectivity index is 2.99. The Hall–Kier alpha value is -1.92. The molecule has 0 amide bonds. The number of rotatable bonds is 6. The second-order valence-electron chi connectivity index (χ2n) is 5.52. The van der Waals surface area contributed by atoms with E-state index in [-0.39, 0.29) is 22.7 Å². The summed E-state index contributed by atoms with van der Waals surface area (Å²) in [5.41, 5.74) is -0.0873. The van der Waals surface area contributed by atoms with Crippen molar-refractivity contribution in [2.45, 2.75) is 34.1 Å². The van der Waals surface area contributed by atoms with Crippen LogP contribution in [-0.2, 0) is 0 Å². The first-order valence-corrected chi connectivity index (χ1v) is 6.32. The van der Waals surface area contributed by atoms with E-state index in [2.05, 4.69) is 20.6 Å². The summed E-state index contributed by atoms with van der Waals surface area (Å²) in [6.45, 7) is 9.35. The molecule has 0 aliphatic rings. The Morgan fingerprint density at radius 3 is 2.32 bits per heavy atom. The molecule has 7 heteroatoms. The van der Waals surface area contributed by atoms with E-state index in [1.165, 1.54) is 6.33 Å². The fraction of sp³-hybridized carbons (Fsp3) is 0.667. The van der Waals surface area contributed by atoms with Gasteiger partial charge in [0.05, 0.1) is 4.92 Å². The summed E-state index contributed by atoms with van der Waals surface area (Å²) in [6.07, 6.45) is 2.20. The maximum Gasteiger partial charge on any atom is 0.353 e. The van der Waals surface area contributed by atoms with Crippen molar-refractivity contribution in [1.82, 2.24) is 9.97 Å². The van der Waals surface area contributed by atoms with Gasteiger partial charge >= 0.3 is 5.69 Å². The van der Waals surface area contributed by atoms with Crippen molar-refractivity contribution >= 4 is 17.3 Å². The number of nitrogens with zero attached hydrogens (tertiary/aromatic N) is 3. The highest BCUT2D eigenvalue weighted by Gasteiger charge is 2.23. The molecule has 19 heavy (non-hydrogen) atoms. The van der Waals surface area contributed by atoms with E-state index in [9.17, 15) is 10.1 Å². The van der Waals surface area contributed by atoms with Crippen LogP contribution in [0.5, 0.6) is 0 Å². The molecule has 2 N–H and O–H groups in total. The van der Waals surface area contributed by atoms with Crippen molar-refractivity contribution in [1.29, 1.82) is 0 Å². The van der Waals surface area contributed by atoms with Gasteiger partial charge in [-0.25, -0.2) is 9.97 Å². The Labute approximate surface area is 113 Å². The minimum Gasteiger partial charge on any atom is -0.364 e. The molecule has 0 radical (unpaired) electrons. The van der Waals surface area contributed by atoms with Crippen LogP contribution in [-0.4, -0.2) is 28.0 Å². The van der Waals surface area contributed by atoms with E-state index in [4.69, 9.17) is 0 Å². The largest absolute Gasteiger partial charge is 0.364 e. The number of nitro groups is 1. The second kappa shape index (κ2) is 6.31. The molecule has 7 nitrogen and oxygen atoms in total. The summed E-state index contributed by atoms with van der Waals surface area (Å²) in [5.74, 6) is 0.520. The van der Waals surface area contributed by atoms with Gasteiger partial charge in [0.15, 0.2) is 0 Å². The highest BCUT2D eigenvalue weighted by atomic mass is 16.6. The van der Waals surface area contributed by atoms with Crippen LogP contribution in [0.4, 0.5) is 17.3 Å². The molecule has 0 aromatic carbocycles. The zero-order valence-electron chi connectivity index (χ0n) is 11.9. The maximum atomic E-state index is 11.2. The van der Waals surface area contributed by atoms with Gasteiger partial charge in [-0.2, -0.15) is 0 Å². The number of hydrogen-bond donors (Lipinski definition) is 2. The van der Waals surface area contributed by atoms with Crippen LogP contribution in [0.2, 0.25) is 0 Å². The summed E-state index contributed by atoms with van der Waals surface area (Å²) >= 11 is 0. The van der Waals surface area contributed by atoms with Crippen molar-refractivity contribution in [2.75, 3.05) is 23.7 Å². The van der Waals surface area contributed by atoms with Gasteiger partial charge in [-0.3, -0.25) is 10.1 Å². The summed E-state index contributed by atoms with van der Waals surface area (Å²) < 4.78 is 0. The molecule has 0 fully saturated rings. The molecule has 1 aromatic rings. The monoisotopic (exact) mass is 267 g/mol. The first-order valence-electron chi connectivity index (χ1n) is 6.32. The lowest BCUT2D eigenvalue weighted by molar-refractivity contribution is -0.383. The molecule has 1 aromatic heterocycles. The summed E-state index contributed by atoms with van der Waals surface area (Å²) in [5, 5.41) is 17.1. The van der Waals surface area contributed by atoms with Gasteiger partial charge in [-0.05, 0) is 11.8 Å². The molecule has 1 heterocycles. The molecule has 0 aliphatic carbocycles. The van der Waals surface area contributed by atoms with Crippen LogP contribution >= 0.6 is 0 Å². The molecule has 1 rings (SSSR count). The van der Waals surface area contributed by atoms with Crippen molar-refractivity contribution in [2.24, 2.45) is 5.41 Å². The van der Waals surface area contributed by atoms with Gasteiger partial charge in [0.2, 0.25) is 11.6 Å². The smallest absolute Gasteiger partial charge is 0.353 e. The lowest BCUT2D eigenvalue weighted by Crippen LogP contribution is -2.20. The lowest BCUT2D eigenvalue weighted by atomic mass is 9.97. The first kappa shape index (κ1) is 15.1. The molecular formula is C12H21N5O2. The van der Waals surface area contributed by atoms with E-state index in [0.29, 0.717) is 13.1 Å². The highest BCUT2D eigenvalue weighted by Crippen LogP contribution is 2.29. The van der Waals surface area contributed by atoms with Crippen LogP contribution in [0.1, 0.15) is 34.1 Å². The quantitative estimate of drug-likeness (QED) is 0.608. The fourth-order valence-corrected chi connectivity index (χ4v) is 1.40. The van der Waals surface area contributed by atoms with Gasteiger partial charge < -0.3 is 10.6 Å². The average Bonchev–Trinajstić information content (AvgIpc) is 2.32. The summed E-state index contributed by atoms with van der Waals surface area (Å²) in [4.78, 5) is 18.6. The minimum atomic E-state index is -0.455. The minimum absolute atomic E-state index is 0.00975. The normalized spacial score (nSPS) is 11.2. The standard InChI is InChI=1S/C12H21N5O2/c1-5-6-13-10-9(17(18)19)11(16-8-15-10)14-7-12(2,3)4/h8H,5-7H2,1-4H3,(H2,13,14,15,16). The molecule has 0 saturated carbocycles. The third-order valence-corrected chi connectivity index (χ3v) is 2.33. The zero-order chi connectivity index (χ0) is 14.5. The van der Waals surface area contributed by atoms with E-state index in [0.717, 1.165) is 6.42 Å². The Bertz CT molecular complexity index is 442. The summed E-state index contributed by atoms with van der Waals surface area (Å²) in [7, 11) is 0. The van der Waals surface area contributed by atoms with Crippen molar-refractivity contribution in [3.05, 3.63) is 16.4 Å². The molecule has 0 saturated heterocycles. The van der Waals surface area contributed by atoms with Gasteiger partial charge in [0, 0.05) is 13.1 Å². The molecule has 0 spiro atoms. The van der Waals surface area contributed by atoms with Crippen LogP contribution < -0.4 is 10.6 Å². The fourth-order valence-electron chi connectivity index (χ4n) is 1.40. The summed E-state index contributed by atoms with van der Waals surface area (Å²) in [6, 6.07) is 0. The Kier molecular flexibility index (Phi) is 5.02. The third kappa shape index (κ3) is 4.69. The van der Waals surface area contributed by atoms with Crippen molar-refractivity contribution in [3.63, 3.8) is 0 Å². The van der Waals surface area contributed by atoms with E-state index in [1.807, 2.05) is 27.7 Å². The third-order valence-electron chi connectivity index (χ3n) is 2.33. The second-order valence-corrected chi connectivity index (χ2v) is 5.52. The molecule has 106 valence electrons. The zero-order valence-corrected chi connectivity index (χ0v) is 11.9. The molecule has 0 aliphatic heterocycles. The predicted octanol–water partition coefficient (Wildman–Crippen LogP) is 2.66. The van der Waals surface area contributed by atoms with E-state index in [1.54, 1.807) is 0 Å². The van der Waals surface area contributed by atoms with Crippen molar-refractivity contribution in [3.8, 4) is 0 Å². The number of hydrogen-bond acceptors (Lipinski definition) is 6. The SMILES string of the molecule is CCCNc1ncnc(NCC(C)(C)C)c1[N+](=O)[O-]. The predicted molar refractivity (Wildman–Crippen MR) is 75.4 cm³/mol. The molecule has 0 atom stereocenters. The van der Waals surface area contributed by atoms with E-state index < -0.39 is 4.92 Å². The lowest BCUT2D eigenvalue weighted by Gasteiger charge is -2.19. The molecule has 0 unspecified atom stereocenters. The van der Waals surface area contributed by atoms with E-state index >= 15 is 0 Å². The first-order chi connectivity index (χ1) is 8.85. The van der Waals surface area contributed by atoms with Gasteiger partial charge in [-0.15, -0.1) is 0 Å². The number of anilines is 2. The van der Waals surface area contributed by atoms with Gasteiger partial charge in [0.1, 0.15) is 6.33 Å². The number of nitrogens with one attached hydrogen (secondary N) is 2. The maximum absolute atomic E-state index is 11.2.